The Hall–Kier alpha value is -3.15. The molecule has 0 aliphatic carbocycles. The summed E-state index contributed by atoms with van der Waals surface area (Å²) < 4.78 is 4.66. The van der Waals surface area contributed by atoms with Gasteiger partial charge in [0.05, 0.1) is 0 Å². The van der Waals surface area contributed by atoms with Crippen LogP contribution in [0, 0.1) is 0 Å². The maximum Gasteiger partial charge on any atom is 0.254 e. The summed E-state index contributed by atoms with van der Waals surface area (Å²) in [6.07, 6.45) is 1.37. The van der Waals surface area contributed by atoms with Crippen molar-refractivity contribution in [2.75, 3.05) is 18.4 Å². The van der Waals surface area contributed by atoms with Crippen LogP contribution in [0.3, 0.4) is 0 Å². The van der Waals surface area contributed by atoms with Crippen LogP contribution in [0.5, 0.6) is 0 Å². The summed E-state index contributed by atoms with van der Waals surface area (Å²) in [5, 5.41) is 8.26. The quantitative estimate of drug-likeness (QED) is 0.783. The van der Waals surface area contributed by atoms with Crippen LogP contribution < -0.4 is 5.32 Å². The van der Waals surface area contributed by atoms with E-state index < -0.39 is 0 Å². The monoisotopic (exact) mass is 323 g/mol. The van der Waals surface area contributed by atoms with E-state index in [1.165, 1.54) is 11.2 Å². The molecule has 1 N–H and O–H groups in total. The van der Waals surface area contributed by atoms with Crippen LogP contribution in [0.4, 0.5) is 5.82 Å². The fourth-order valence-corrected chi connectivity index (χ4v) is 2.46. The SMILES string of the molecule is CCN(CC(=O)Nc1ccon1)C(=O)c1ccc2ccccc2c1. The lowest BCUT2D eigenvalue weighted by Crippen LogP contribution is -2.37. The summed E-state index contributed by atoms with van der Waals surface area (Å²) in [4.78, 5) is 26.2. The maximum atomic E-state index is 12.7. The highest BCUT2D eigenvalue weighted by atomic mass is 16.5. The van der Waals surface area contributed by atoms with Crippen LogP contribution in [0.1, 0.15) is 17.3 Å². The lowest BCUT2D eigenvalue weighted by Gasteiger charge is -2.20. The minimum absolute atomic E-state index is 0.0466. The molecule has 0 aliphatic heterocycles. The lowest BCUT2D eigenvalue weighted by atomic mass is 10.1. The first kappa shape index (κ1) is 15.7. The van der Waals surface area contributed by atoms with Crippen molar-refractivity contribution in [3.8, 4) is 0 Å². The summed E-state index contributed by atoms with van der Waals surface area (Å²) in [7, 11) is 0. The molecule has 1 heterocycles. The average molecular weight is 323 g/mol. The Morgan fingerprint density at radius 3 is 2.62 bits per heavy atom. The number of nitrogens with one attached hydrogen (secondary N) is 1. The predicted octanol–water partition coefficient (Wildman–Crippen LogP) is 2.93. The van der Waals surface area contributed by atoms with Crippen molar-refractivity contribution in [2.45, 2.75) is 6.92 Å². The number of rotatable bonds is 5. The van der Waals surface area contributed by atoms with Gasteiger partial charge in [-0.3, -0.25) is 9.59 Å². The number of likely N-dealkylation sites (N-methyl/N-ethyl adjacent to an activating group) is 1. The van der Waals surface area contributed by atoms with Crippen LogP contribution in [-0.2, 0) is 4.79 Å². The summed E-state index contributed by atoms with van der Waals surface area (Å²) in [5.41, 5.74) is 0.560. The smallest absolute Gasteiger partial charge is 0.254 e. The molecule has 0 fully saturated rings. The van der Waals surface area contributed by atoms with Crippen molar-refractivity contribution in [3.63, 3.8) is 0 Å². The molecule has 6 heteroatoms. The summed E-state index contributed by atoms with van der Waals surface area (Å²) in [6, 6.07) is 14.9. The standard InChI is InChI=1S/C18H17N3O3/c1-2-21(12-17(22)19-16-9-10-24-20-16)18(23)15-8-7-13-5-3-4-6-14(13)11-15/h3-11H,2,12H2,1H3,(H,19,20,22). The average Bonchev–Trinajstić information content (AvgIpc) is 3.11. The fourth-order valence-electron chi connectivity index (χ4n) is 2.46. The molecule has 1 aromatic heterocycles. The van der Waals surface area contributed by atoms with Crippen molar-refractivity contribution in [1.82, 2.24) is 10.1 Å². The number of anilines is 1. The molecule has 0 saturated carbocycles. The molecule has 24 heavy (non-hydrogen) atoms. The molecule has 3 aromatic rings. The van der Waals surface area contributed by atoms with E-state index in [4.69, 9.17) is 0 Å². The molecule has 0 bridgehead atoms. The zero-order chi connectivity index (χ0) is 16.9. The van der Waals surface area contributed by atoms with E-state index in [2.05, 4.69) is 15.0 Å². The van der Waals surface area contributed by atoms with Gasteiger partial charge in [-0.1, -0.05) is 35.5 Å². The third kappa shape index (κ3) is 3.43. The third-order valence-electron chi connectivity index (χ3n) is 3.71. The summed E-state index contributed by atoms with van der Waals surface area (Å²) in [5.74, 6) is -0.173. The highest BCUT2D eigenvalue weighted by molar-refractivity contribution is 6.01. The zero-order valence-corrected chi connectivity index (χ0v) is 13.2. The highest BCUT2D eigenvalue weighted by Crippen LogP contribution is 2.17. The Morgan fingerprint density at radius 2 is 1.92 bits per heavy atom. The molecular weight excluding hydrogens is 306 g/mol. The first-order chi connectivity index (χ1) is 11.7. The van der Waals surface area contributed by atoms with Gasteiger partial charge in [0.25, 0.3) is 5.91 Å². The number of nitrogens with zero attached hydrogens (tertiary/aromatic N) is 2. The first-order valence-corrected chi connectivity index (χ1v) is 7.65. The molecule has 2 amide bonds. The van der Waals surface area contributed by atoms with Gasteiger partial charge in [0.1, 0.15) is 12.8 Å². The van der Waals surface area contributed by atoms with E-state index in [1.807, 2.05) is 43.3 Å². The zero-order valence-electron chi connectivity index (χ0n) is 13.2. The topological polar surface area (TPSA) is 75.4 Å². The van der Waals surface area contributed by atoms with E-state index in [9.17, 15) is 9.59 Å². The molecule has 0 radical (unpaired) electrons. The number of amides is 2. The van der Waals surface area contributed by atoms with Crippen molar-refractivity contribution >= 4 is 28.4 Å². The molecule has 122 valence electrons. The van der Waals surface area contributed by atoms with Crippen LogP contribution in [0.15, 0.2) is 59.3 Å². The van der Waals surface area contributed by atoms with Crippen LogP contribution in [-0.4, -0.2) is 35.0 Å². The second-order valence-electron chi connectivity index (χ2n) is 5.31. The lowest BCUT2D eigenvalue weighted by molar-refractivity contribution is -0.116. The van der Waals surface area contributed by atoms with Crippen molar-refractivity contribution < 1.29 is 14.1 Å². The molecule has 0 atom stereocenters. The van der Waals surface area contributed by atoms with Gasteiger partial charge in [-0.15, -0.1) is 0 Å². The fraction of sp³-hybridized carbons (Fsp3) is 0.167. The minimum atomic E-state index is -0.320. The molecular formula is C18H17N3O3. The number of hydrogen-bond donors (Lipinski definition) is 1. The Balaban J connectivity index is 1.73. The Labute approximate surface area is 139 Å². The second kappa shape index (κ2) is 6.95. The second-order valence-corrected chi connectivity index (χ2v) is 5.31. The molecule has 0 aliphatic rings. The van der Waals surface area contributed by atoms with Gasteiger partial charge < -0.3 is 14.7 Å². The first-order valence-electron chi connectivity index (χ1n) is 7.65. The summed E-state index contributed by atoms with van der Waals surface area (Å²) >= 11 is 0. The van der Waals surface area contributed by atoms with E-state index in [1.54, 1.807) is 12.1 Å². The highest BCUT2D eigenvalue weighted by Gasteiger charge is 2.18. The van der Waals surface area contributed by atoms with Crippen molar-refractivity contribution in [3.05, 3.63) is 60.4 Å². The van der Waals surface area contributed by atoms with Crippen LogP contribution in [0.25, 0.3) is 10.8 Å². The molecule has 3 rings (SSSR count). The molecule has 6 nitrogen and oxygen atoms in total. The van der Waals surface area contributed by atoms with Crippen LogP contribution in [0.2, 0.25) is 0 Å². The van der Waals surface area contributed by atoms with Gasteiger partial charge in [-0.25, -0.2) is 0 Å². The number of aromatic nitrogens is 1. The van der Waals surface area contributed by atoms with Crippen molar-refractivity contribution in [1.29, 1.82) is 0 Å². The van der Waals surface area contributed by atoms with E-state index in [-0.39, 0.29) is 18.4 Å². The molecule has 0 unspecified atom stereocenters. The third-order valence-corrected chi connectivity index (χ3v) is 3.71. The number of carbonyl (C=O) groups excluding carboxylic acids is 2. The normalized spacial score (nSPS) is 10.5. The Kier molecular flexibility index (Phi) is 4.56. The van der Waals surface area contributed by atoms with Gasteiger partial charge in [-0.2, -0.15) is 0 Å². The number of benzene rings is 2. The van der Waals surface area contributed by atoms with Gasteiger partial charge >= 0.3 is 0 Å². The predicted molar refractivity (Wildman–Crippen MR) is 90.7 cm³/mol. The van der Waals surface area contributed by atoms with Crippen LogP contribution >= 0.6 is 0 Å². The summed E-state index contributed by atoms with van der Waals surface area (Å²) in [6.45, 7) is 2.22. The number of carbonyl (C=O) groups is 2. The Morgan fingerprint density at radius 1 is 1.12 bits per heavy atom. The van der Waals surface area contributed by atoms with E-state index in [0.717, 1.165) is 10.8 Å². The van der Waals surface area contributed by atoms with Gasteiger partial charge in [0.15, 0.2) is 5.82 Å². The van der Waals surface area contributed by atoms with E-state index >= 15 is 0 Å². The molecule has 2 aromatic carbocycles. The van der Waals surface area contributed by atoms with Gasteiger partial charge in [0.2, 0.25) is 5.91 Å². The molecule has 0 spiro atoms. The van der Waals surface area contributed by atoms with E-state index in [0.29, 0.717) is 17.9 Å². The largest absolute Gasteiger partial charge is 0.363 e. The maximum absolute atomic E-state index is 12.7. The van der Waals surface area contributed by atoms with Gasteiger partial charge in [-0.05, 0) is 29.8 Å². The van der Waals surface area contributed by atoms with Crippen molar-refractivity contribution in [2.24, 2.45) is 0 Å². The molecule has 0 saturated heterocycles. The number of hydrogen-bond acceptors (Lipinski definition) is 4. The Bertz CT molecular complexity index is 859. The minimum Gasteiger partial charge on any atom is -0.363 e. The van der Waals surface area contributed by atoms with Gasteiger partial charge in [0, 0.05) is 18.2 Å². The number of fused-ring (bicyclic) bond motifs is 1.